The van der Waals surface area contributed by atoms with E-state index in [0.717, 1.165) is 18.7 Å². The van der Waals surface area contributed by atoms with E-state index in [1.54, 1.807) is 12.1 Å². The number of nitro benzene ring substituents is 1. The number of ether oxygens (including phenoxy) is 1. The first-order valence-electron chi connectivity index (χ1n) is 6.10. The zero-order chi connectivity index (χ0) is 14.0. The van der Waals surface area contributed by atoms with Gasteiger partial charge in [0.15, 0.2) is 5.78 Å². The van der Waals surface area contributed by atoms with Crippen molar-refractivity contribution in [2.45, 2.75) is 19.4 Å². The van der Waals surface area contributed by atoms with Crippen molar-refractivity contribution >= 4 is 17.2 Å². The molecule has 1 atom stereocenters. The minimum Gasteiger partial charge on any atom is -0.379 e. The van der Waals surface area contributed by atoms with Crippen molar-refractivity contribution in [3.05, 3.63) is 33.9 Å². The number of likely N-dealkylation sites (N-methyl/N-ethyl adjacent to an activating group) is 1. The van der Waals surface area contributed by atoms with Gasteiger partial charge >= 0.3 is 0 Å². The summed E-state index contributed by atoms with van der Waals surface area (Å²) in [5.74, 6) is -0.301. The number of nitrogens with zero attached hydrogens (tertiary/aromatic N) is 2. The number of rotatable bonds is 4. The number of Topliss-reactive ketones (excluding diaryl/α,β-unsaturated/α-hetero) is 1. The molecule has 1 saturated heterocycles. The molecule has 1 aliphatic heterocycles. The van der Waals surface area contributed by atoms with Gasteiger partial charge in [0, 0.05) is 25.4 Å². The molecule has 1 aromatic rings. The fourth-order valence-corrected chi connectivity index (χ4v) is 2.22. The monoisotopic (exact) mass is 264 g/mol. The number of ketones is 1. The maximum absolute atomic E-state index is 11.5. The summed E-state index contributed by atoms with van der Waals surface area (Å²) in [5.41, 5.74) is 0.798. The Kier molecular flexibility index (Phi) is 3.80. The smallest absolute Gasteiger partial charge is 0.280 e. The Balaban J connectivity index is 2.34. The zero-order valence-electron chi connectivity index (χ0n) is 11.0. The van der Waals surface area contributed by atoms with Crippen LogP contribution in [0.5, 0.6) is 0 Å². The molecule has 6 nitrogen and oxygen atoms in total. The van der Waals surface area contributed by atoms with Gasteiger partial charge in [-0.05, 0) is 25.5 Å². The summed E-state index contributed by atoms with van der Waals surface area (Å²) < 4.78 is 5.32. The van der Waals surface area contributed by atoms with E-state index in [1.165, 1.54) is 13.0 Å². The number of hydrogen-bond donors (Lipinski definition) is 0. The lowest BCUT2D eigenvalue weighted by Crippen LogP contribution is -2.31. The lowest BCUT2D eigenvalue weighted by atomic mass is 10.1. The lowest BCUT2D eigenvalue weighted by Gasteiger charge is -2.25. The van der Waals surface area contributed by atoms with E-state index in [4.69, 9.17) is 4.74 Å². The Morgan fingerprint density at radius 1 is 1.53 bits per heavy atom. The molecule has 1 unspecified atom stereocenters. The molecule has 0 aliphatic carbocycles. The quantitative estimate of drug-likeness (QED) is 0.472. The van der Waals surface area contributed by atoms with Gasteiger partial charge in [-0.15, -0.1) is 0 Å². The maximum atomic E-state index is 11.5. The van der Waals surface area contributed by atoms with Crippen molar-refractivity contribution in [2.24, 2.45) is 0 Å². The van der Waals surface area contributed by atoms with Gasteiger partial charge in [-0.2, -0.15) is 0 Å². The molecule has 0 spiro atoms. The van der Waals surface area contributed by atoms with E-state index in [0.29, 0.717) is 6.61 Å². The summed E-state index contributed by atoms with van der Waals surface area (Å²) in [6.07, 6.45) is 0.920. The Hall–Kier alpha value is -1.95. The first-order valence-corrected chi connectivity index (χ1v) is 6.10. The van der Waals surface area contributed by atoms with Crippen LogP contribution in [0, 0.1) is 10.1 Å². The predicted octanol–water partition coefficient (Wildman–Crippen LogP) is 2.02. The number of hydrogen-bond acceptors (Lipinski definition) is 5. The molecule has 0 radical (unpaired) electrons. The number of carbonyl (C=O) groups excluding carboxylic acids is 1. The molecule has 19 heavy (non-hydrogen) atoms. The van der Waals surface area contributed by atoms with Gasteiger partial charge in [0.2, 0.25) is 0 Å². The molecule has 0 N–H and O–H groups in total. The second-order valence-corrected chi connectivity index (χ2v) is 4.64. The van der Waals surface area contributed by atoms with Gasteiger partial charge in [-0.1, -0.05) is 0 Å². The highest BCUT2D eigenvalue weighted by Crippen LogP contribution is 2.27. The van der Waals surface area contributed by atoms with E-state index in [9.17, 15) is 14.9 Å². The summed E-state index contributed by atoms with van der Waals surface area (Å²) in [6.45, 7) is 2.70. The van der Waals surface area contributed by atoms with Gasteiger partial charge in [-0.25, -0.2) is 0 Å². The summed E-state index contributed by atoms with van der Waals surface area (Å²) in [7, 11) is 1.91. The van der Waals surface area contributed by atoms with Crippen LogP contribution in [0.1, 0.15) is 23.7 Å². The first-order chi connectivity index (χ1) is 9.00. The van der Waals surface area contributed by atoms with Crippen molar-refractivity contribution in [2.75, 3.05) is 25.2 Å². The third-order valence-corrected chi connectivity index (χ3v) is 3.42. The summed E-state index contributed by atoms with van der Waals surface area (Å²) >= 11 is 0. The SMILES string of the molecule is CC(=O)c1cc(N(C)C2CCOC2)ccc1[N+](=O)[O-]. The van der Waals surface area contributed by atoms with Gasteiger partial charge in [0.25, 0.3) is 5.69 Å². The molecule has 1 aliphatic rings. The Morgan fingerprint density at radius 3 is 2.79 bits per heavy atom. The summed E-state index contributed by atoms with van der Waals surface area (Å²) in [4.78, 5) is 23.9. The summed E-state index contributed by atoms with van der Waals surface area (Å²) in [6, 6.07) is 4.89. The van der Waals surface area contributed by atoms with Crippen LogP contribution in [0.3, 0.4) is 0 Å². The molecule has 0 bridgehead atoms. The predicted molar refractivity (Wildman–Crippen MR) is 70.7 cm³/mol. The van der Waals surface area contributed by atoms with Crippen molar-refractivity contribution < 1.29 is 14.5 Å². The van der Waals surface area contributed by atoms with E-state index in [2.05, 4.69) is 0 Å². The van der Waals surface area contributed by atoms with Crippen molar-refractivity contribution in [1.82, 2.24) is 0 Å². The maximum Gasteiger partial charge on any atom is 0.280 e. The molecule has 1 heterocycles. The summed E-state index contributed by atoms with van der Waals surface area (Å²) in [5, 5.41) is 10.9. The first kappa shape index (κ1) is 13.5. The standard InChI is InChI=1S/C13H16N2O4/c1-9(16)12-7-10(3-4-13(12)15(17)18)14(2)11-5-6-19-8-11/h3-4,7,11H,5-6,8H2,1-2H3. The average molecular weight is 264 g/mol. The van der Waals surface area contributed by atoms with Crippen LogP contribution in [0.25, 0.3) is 0 Å². The van der Waals surface area contributed by atoms with Crippen molar-refractivity contribution in [3.8, 4) is 0 Å². The second kappa shape index (κ2) is 5.36. The molecule has 2 rings (SSSR count). The molecule has 6 heteroatoms. The molecule has 0 amide bonds. The largest absolute Gasteiger partial charge is 0.379 e. The third kappa shape index (κ3) is 2.73. The number of benzene rings is 1. The van der Waals surface area contributed by atoms with Crippen LogP contribution < -0.4 is 4.90 Å². The van der Waals surface area contributed by atoms with Gasteiger partial charge in [-0.3, -0.25) is 14.9 Å². The van der Waals surface area contributed by atoms with Crippen molar-refractivity contribution in [3.63, 3.8) is 0 Å². The highest BCUT2D eigenvalue weighted by Gasteiger charge is 2.23. The fourth-order valence-electron chi connectivity index (χ4n) is 2.22. The Bertz CT molecular complexity index is 509. The fraction of sp³-hybridized carbons (Fsp3) is 0.462. The van der Waals surface area contributed by atoms with Crippen LogP contribution in [0.2, 0.25) is 0 Å². The number of carbonyl (C=O) groups is 1. The average Bonchev–Trinajstić information content (AvgIpc) is 2.90. The molecular weight excluding hydrogens is 248 g/mol. The second-order valence-electron chi connectivity index (χ2n) is 4.64. The minimum atomic E-state index is -0.529. The van der Waals surface area contributed by atoms with E-state index >= 15 is 0 Å². The highest BCUT2D eigenvalue weighted by molar-refractivity contribution is 5.99. The van der Waals surface area contributed by atoms with Gasteiger partial charge in [0.1, 0.15) is 0 Å². The molecule has 1 aromatic carbocycles. The lowest BCUT2D eigenvalue weighted by molar-refractivity contribution is -0.385. The van der Waals surface area contributed by atoms with E-state index in [-0.39, 0.29) is 23.1 Å². The highest BCUT2D eigenvalue weighted by atomic mass is 16.6. The number of anilines is 1. The van der Waals surface area contributed by atoms with Crippen molar-refractivity contribution in [1.29, 1.82) is 0 Å². The minimum absolute atomic E-state index is 0.146. The van der Waals surface area contributed by atoms with Gasteiger partial charge in [0.05, 0.1) is 23.1 Å². The van der Waals surface area contributed by atoms with Crippen LogP contribution in [-0.4, -0.2) is 37.0 Å². The van der Waals surface area contributed by atoms with E-state index < -0.39 is 4.92 Å². The topological polar surface area (TPSA) is 72.7 Å². The Labute approximate surface area is 111 Å². The third-order valence-electron chi connectivity index (χ3n) is 3.42. The van der Waals surface area contributed by atoms with E-state index in [1.807, 2.05) is 11.9 Å². The van der Waals surface area contributed by atoms with Crippen LogP contribution in [0.4, 0.5) is 11.4 Å². The zero-order valence-corrected chi connectivity index (χ0v) is 11.0. The van der Waals surface area contributed by atoms with Crippen LogP contribution in [-0.2, 0) is 4.74 Å². The van der Waals surface area contributed by atoms with Crippen LogP contribution in [0.15, 0.2) is 18.2 Å². The molecule has 102 valence electrons. The molecule has 0 saturated carbocycles. The molecule has 1 fully saturated rings. The molecular formula is C13H16N2O4. The van der Waals surface area contributed by atoms with Gasteiger partial charge < -0.3 is 9.64 Å². The Morgan fingerprint density at radius 2 is 2.26 bits per heavy atom. The molecule has 0 aromatic heterocycles. The van der Waals surface area contributed by atoms with Crippen LogP contribution >= 0.6 is 0 Å². The number of nitro groups is 1. The normalized spacial score (nSPS) is 18.3.